The summed E-state index contributed by atoms with van der Waals surface area (Å²) < 4.78 is 5.14. The average Bonchev–Trinajstić information content (AvgIpc) is 2.47. The van der Waals surface area contributed by atoms with Crippen LogP contribution in [0.4, 0.5) is 0 Å². The fourth-order valence-corrected chi connectivity index (χ4v) is 2.23. The van der Waals surface area contributed by atoms with Crippen molar-refractivity contribution < 1.29 is 9.53 Å². The zero-order valence-electron chi connectivity index (χ0n) is 10.5. The molecule has 3 rings (SSSR count). The summed E-state index contributed by atoms with van der Waals surface area (Å²) in [5, 5.41) is 1.64. The van der Waals surface area contributed by atoms with Crippen molar-refractivity contribution >= 4 is 12.0 Å². The van der Waals surface area contributed by atoms with Gasteiger partial charge in [0.05, 0.1) is 18.4 Å². The molecule has 2 aromatic carbocycles. The number of ether oxygens (including phenoxy) is 1. The van der Waals surface area contributed by atoms with Crippen LogP contribution in [0.3, 0.4) is 0 Å². The van der Waals surface area contributed by atoms with Gasteiger partial charge < -0.3 is 4.74 Å². The van der Waals surface area contributed by atoms with E-state index >= 15 is 0 Å². The summed E-state index contributed by atoms with van der Waals surface area (Å²) in [6.07, 6.45) is 1.96. The molecule has 0 fully saturated rings. The second-order valence-electron chi connectivity index (χ2n) is 4.43. The molecule has 3 heteroatoms. The molecule has 0 bridgehead atoms. The third-order valence-electron chi connectivity index (χ3n) is 3.24. The molecule has 0 saturated carbocycles. The summed E-state index contributed by atoms with van der Waals surface area (Å²) in [4.78, 5) is 16.3. The molecule has 0 N–H and O–H groups in total. The molecule has 0 aliphatic carbocycles. The van der Waals surface area contributed by atoms with Crippen LogP contribution in [-0.4, -0.2) is 13.0 Å². The molecule has 0 aromatic heterocycles. The average molecular weight is 251 g/mol. The van der Waals surface area contributed by atoms with Crippen molar-refractivity contribution in [1.82, 2.24) is 0 Å². The van der Waals surface area contributed by atoms with Gasteiger partial charge in [-0.2, -0.15) is 0 Å². The van der Waals surface area contributed by atoms with Gasteiger partial charge >= 0.3 is 0 Å². The van der Waals surface area contributed by atoms with Crippen LogP contribution in [0.25, 0.3) is 6.08 Å². The number of benzene rings is 2. The molecule has 0 saturated heterocycles. The number of methoxy groups -OCH3 is 1. The molecule has 19 heavy (non-hydrogen) atoms. The van der Waals surface area contributed by atoms with Gasteiger partial charge in [-0.15, -0.1) is 0 Å². The van der Waals surface area contributed by atoms with Gasteiger partial charge in [-0.25, -0.2) is 4.99 Å². The molecular formula is C16H13NO2. The number of hydrogen-bond acceptors (Lipinski definition) is 2. The van der Waals surface area contributed by atoms with E-state index in [4.69, 9.17) is 4.74 Å². The van der Waals surface area contributed by atoms with Gasteiger partial charge in [0.1, 0.15) is 5.75 Å². The lowest BCUT2D eigenvalue weighted by molar-refractivity contribution is -0.118. The second-order valence-corrected chi connectivity index (χ2v) is 4.43. The van der Waals surface area contributed by atoms with Gasteiger partial charge in [-0.1, -0.05) is 36.4 Å². The Labute approximate surface area is 110 Å². The predicted molar refractivity (Wildman–Crippen MR) is 72.4 cm³/mol. The Balaban J connectivity index is 2.13. The van der Waals surface area contributed by atoms with Gasteiger partial charge in [0.15, 0.2) is 0 Å². The fraction of sp³-hybridized carbons (Fsp3) is 0.125. The predicted octanol–water partition coefficient (Wildman–Crippen LogP) is 1.42. The molecule has 1 aliphatic rings. The van der Waals surface area contributed by atoms with Crippen LogP contribution in [0.2, 0.25) is 0 Å². The Bertz CT molecular complexity index is 735. The maximum Gasteiger partial charge on any atom is 0.257 e. The normalized spacial score (nSPS) is 17.1. The zero-order valence-corrected chi connectivity index (χ0v) is 10.5. The molecule has 94 valence electrons. The first kappa shape index (κ1) is 11.7. The summed E-state index contributed by atoms with van der Waals surface area (Å²) in [6, 6.07) is 15.3. The van der Waals surface area contributed by atoms with Crippen LogP contribution in [0.15, 0.2) is 53.5 Å². The Morgan fingerprint density at radius 2 is 1.89 bits per heavy atom. The van der Waals surface area contributed by atoms with E-state index in [1.807, 2.05) is 48.5 Å². The first-order valence-electron chi connectivity index (χ1n) is 6.11. The minimum Gasteiger partial charge on any atom is -0.497 e. The summed E-state index contributed by atoms with van der Waals surface area (Å²) in [5.41, 5.74) is 0.970. The van der Waals surface area contributed by atoms with E-state index < -0.39 is 0 Å². The van der Waals surface area contributed by atoms with Crippen LogP contribution in [0.1, 0.15) is 11.5 Å². The molecule has 1 aliphatic heterocycles. The Kier molecular flexibility index (Phi) is 2.88. The van der Waals surface area contributed by atoms with Crippen LogP contribution in [-0.2, 0) is 4.79 Å². The maximum atomic E-state index is 12.1. The van der Waals surface area contributed by atoms with Crippen LogP contribution >= 0.6 is 0 Å². The van der Waals surface area contributed by atoms with E-state index in [9.17, 15) is 4.79 Å². The van der Waals surface area contributed by atoms with Crippen molar-refractivity contribution in [3.05, 3.63) is 64.7 Å². The molecule has 1 atom stereocenters. The van der Waals surface area contributed by atoms with Crippen molar-refractivity contribution in [3.63, 3.8) is 0 Å². The fourth-order valence-electron chi connectivity index (χ4n) is 2.23. The Morgan fingerprint density at radius 1 is 1.11 bits per heavy atom. The quantitative estimate of drug-likeness (QED) is 0.809. The van der Waals surface area contributed by atoms with Gasteiger partial charge in [-0.05, 0) is 22.9 Å². The number of carbonyl (C=O) groups excluding carboxylic acids is 1. The first-order chi connectivity index (χ1) is 9.28. The Hall–Kier alpha value is -2.42. The molecule has 3 nitrogen and oxygen atoms in total. The number of rotatable bonds is 2. The minimum atomic E-state index is -0.290. The van der Waals surface area contributed by atoms with Crippen molar-refractivity contribution in [2.75, 3.05) is 7.11 Å². The molecule has 1 heterocycles. The van der Waals surface area contributed by atoms with Gasteiger partial charge in [0, 0.05) is 6.07 Å². The summed E-state index contributed by atoms with van der Waals surface area (Å²) in [7, 11) is 1.60. The minimum absolute atomic E-state index is 0.132. The number of nitrogens with zero attached hydrogens (tertiary/aromatic N) is 1. The van der Waals surface area contributed by atoms with Crippen molar-refractivity contribution in [1.29, 1.82) is 0 Å². The lowest BCUT2D eigenvalue weighted by atomic mass is 9.95. The second kappa shape index (κ2) is 4.69. The number of carbonyl (C=O) groups is 1. The lowest BCUT2D eigenvalue weighted by Crippen LogP contribution is -2.32. The molecule has 0 radical (unpaired) electrons. The summed E-state index contributed by atoms with van der Waals surface area (Å²) in [6.45, 7) is 0. The molecule has 0 spiro atoms. The highest BCUT2D eigenvalue weighted by molar-refractivity contribution is 5.91. The SMILES string of the molecule is COc1ccc2c(c1)=NC(=O)C(c1ccccc1)C=2. The van der Waals surface area contributed by atoms with E-state index in [1.165, 1.54) is 0 Å². The summed E-state index contributed by atoms with van der Waals surface area (Å²) in [5.74, 6) is 0.288. The molecule has 1 amide bonds. The summed E-state index contributed by atoms with van der Waals surface area (Å²) >= 11 is 0. The van der Waals surface area contributed by atoms with Crippen molar-refractivity contribution in [2.45, 2.75) is 5.92 Å². The van der Waals surface area contributed by atoms with Gasteiger partial charge in [-0.3, -0.25) is 4.79 Å². The van der Waals surface area contributed by atoms with E-state index in [0.717, 1.165) is 10.8 Å². The highest BCUT2D eigenvalue weighted by Crippen LogP contribution is 2.19. The standard InChI is InChI=1S/C16H13NO2/c1-19-13-8-7-12-9-14(11-5-3-2-4-6-11)16(18)17-15(12)10-13/h2-10,14H,1H3. The zero-order chi connectivity index (χ0) is 13.2. The number of amides is 1. The highest BCUT2D eigenvalue weighted by atomic mass is 16.5. The smallest absolute Gasteiger partial charge is 0.257 e. The van der Waals surface area contributed by atoms with Crippen LogP contribution < -0.4 is 15.3 Å². The third-order valence-corrected chi connectivity index (χ3v) is 3.24. The van der Waals surface area contributed by atoms with Crippen molar-refractivity contribution in [3.8, 4) is 5.75 Å². The number of fused-ring (bicyclic) bond motifs is 1. The topological polar surface area (TPSA) is 38.7 Å². The van der Waals surface area contributed by atoms with E-state index in [-0.39, 0.29) is 11.8 Å². The van der Waals surface area contributed by atoms with E-state index in [2.05, 4.69) is 4.99 Å². The van der Waals surface area contributed by atoms with E-state index in [1.54, 1.807) is 13.2 Å². The van der Waals surface area contributed by atoms with Crippen molar-refractivity contribution in [2.24, 2.45) is 4.99 Å². The van der Waals surface area contributed by atoms with Gasteiger partial charge in [0.25, 0.3) is 5.91 Å². The molecule has 2 aromatic rings. The Morgan fingerprint density at radius 3 is 2.63 bits per heavy atom. The van der Waals surface area contributed by atoms with Crippen LogP contribution in [0, 0.1) is 0 Å². The van der Waals surface area contributed by atoms with Gasteiger partial charge in [0.2, 0.25) is 0 Å². The first-order valence-corrected chi connectivity index (χ1v) is 6.11. The van der Waals surface area contributed by atoms with Crippen LogP contribution in [0.5, 0.6) is 5.75 Å². The van der Waals surface area contributed by atoms with E-state index in [0.29, 0.717) is 11.1 Å². The molecular weight excluding hydrogens is 238 g/mol. The maximum absolute atomic E-state index is 12.1. The number of hydrogen-bond donors (Lipinski definition) is 0. The largest absolute Gasteiger partial charge is 0.497 e. The third kappa shape index (κ3) is 2.15. The highest BCUT2D eigenvalue weighted by Gasteiger charge is 2.19. The lowest BCUT2D eigenvalue weighted by Gasteiger charge is -2.12. The monoisotopic (exact) mass is 251 g/mol. The molecule has 1 unspecified atom stereocenters.